The van der Waals surface area contributed by atoms with Gasteiger partial charge in [-0.25, -0.2) is 9.97 Å². The molecule has 56 heavy (non-hydrogen) atoms. The molecule has 3 aromatic heterocycles. The molecule has 0 unspecified atom stereocenters. The summed E-state index contributed by atoms with van der Waals surface area (Å²) in [6.07, 6.45) is 0. The number of thiophene rings is 2. The van der Waals surface area contributed by atoms with Crippen molar-refractivity contribution in [2.75, 3.05) is 0 Å². The van der Waals surface area contributed by atoms with Crippen LogP contribution in [0.4, 0.5) is 0 Å². The summed E-state index contributed by atoms with van der Waals surface area (Å²) in [4.78, 5) is 10.6. The van der Waals surface area contributed by atoms with E-state index in [0.717, 1.165) is 44.8 Å². The lowest BCUT2D eigenvalue weighted by Crippen LogP contribution is -1.97. The van der Waals surface area contributed by atoms with E-state index < -0.39 is 0 Å². The SMILES string of the molecule is c1ccc(-c2ccc(-c3cc(-c4cc(-c5ccc6c(c5)sc5ccccc56)ccc4-c4ccc5sc6ccccc6c5c4)nc(-c4ccccc4)n3)cc2)cc1. The fraction of sp³-hybridized carbons (Fsp3) is 0. The first-order valence-electron chi connectivity index (χ1n) is 18.8. The highest BCUT2D eigenvalue weighted by molar-refractivity contribution is 7.26. The molecule has 0 spiro atoms. The van der Waals surface area contributed by atoms with Crippen molar-refractivity contribution in [3.8, 4) is 67.3 Å². The Kier molecular flexibility index (Phi) is 7.90. The van der Waals surface area contributed by atoms with Crippen LogP contribution in [0.15, 0.2) is 194 Å². The van der Waals surface area contributed by atoms with Crippen LogP contribution < -0.4 is 0 Å². The Morgan fingerprint density at radius 1 is 0.268 bits per heavy atom. The predicted molar refractivity (Wildman–Crippen MR) is 240 cm³/mol. The largest absolute Gasteiger partial charge is 0.228 e. The molecule has 2 nitrogen and oxygen atoms in total. The van der Waals surface area contributed by atoms with Crippen LogP contribution in [0.25, 0.3) is 108 Å². The third-order valence-electron chi connectivity index (χ3n) is 10.7. The summed E-state index contributed by atoms with van der Waals surface area (Å²) < 4.78 is 5.20. The summed E-state index contributed by atoms with van der Waals surface area (Å²) in [6.45, 7) is 0. The third-order valence-corrected chi connectivity index (χ3v) is 13.0. The number of aromatic nitrogens is 2. The molecule has 0 amide bonds. The van der Waals surface area contributed by atoms with Gasteiger partial charge in [0.1, 0.15) is 0 Å². The highest BCUT2D eigenvalue weighted by atomic mass is 32.1. The van der Waals surface area contributed by atoms with Gasteiger partial charge in [-0.2, -0.15) is 0 Å². The molecule has 0 aliphatic carbocycles. The van der Waals surface area contributed by atoms with E-state index in [-0.39, 0.29) is 0 Å². The Bertz CT molecular complexity index is 3230. The van der Waals surface area contributed by atoms with Crippen LogP contribution in [0.5, 0.6) is 0 Å². The van der Waals surface area contributed by atoms with Crippen LogP contribution >= 0.6 is 22.7 Å². The fourth-order valence-corrected chi connectivity index (χ4v) is 10.1. The fourth-order valence-electron chi connectivity index (χ4n) is 7.90. The Hall–Kier alpha value is -6.72. The summed E-state index contributed by atoms with van der Waals surface area (Å²) in [5.74, 6) is 0.701. The number of fused-ring (bicyclic) bond motifs is 6. The van der Waals surface area contributed by atoms with Gasteiger partial charge >= 0.3 is 0 Å². The van der Waals surface area contributed by atoms with Crippen LogP contribution in [0.1, 0.15) is 0 Å². The van der Waals surface area contributed by atoms with Crippen LogP contribution in [0.2, 0.25) is 0 Å². The molecule has 0 saturated carbocycles. The Morgan fingerprint density at radius 3 is 1.55 bits per heavy atom. The van der Waals surface area contributed by atoms with Crippen molar-refractivity contribution in [1.82, 2.24) is 9.97 Å². The van der Waals surface area contributed by atoms with Gasteiger partial charge in [-0.1, -0.05) is 152 Å². The lowest BCUT2D eigenvalue weighted by atomic mass is 9.91. The van der Waals surface area contributed by atoms with Gasteiger partial charge in [-0.3, -0.25) is 0 Å². The van der Waals surface area contributed by atoms with Crippen molar-refractivity contribution in [1.29, 1.82) is 0 Å². The molecule has 8 aromatic carbocycles. The maximum atomic E-state index is 5.36. The zero-order valence-electron chi connectivity index (χ0n) is 30.2. The monoisotopic (exact) mass is 748 g/mol. The predicted octanol–water partition coefficient (Wildman–Crippen LogP) is 15.2. The second kappa shape index (κ2) is 13.5. The van der Waals surface area contributed by atoms with Crippen molar-refractivity contribution >= 4 is 63.0 Å². The number of benzene rings is 8. The minimum Gasteiger partial charge on any atom is -0.228 e. The summed E-state index contributed by atoms with van der Waals surface area (Å²) >= 11 is 3.70. The standard InChI is InChI=1S/C52H32N2S2/c1-3-11-33(12-4-1)34-19-21-35(22-20-34)46-32-47(54-52(53-46)36-13-5-2-6-14-36)44-29-37(38-24-27-43-41-15-7-9-17-48(41)56-51(43)31-38)23-26-40(44)39-25-28-50-45(30-39)42-16-8-10-18-49(42)55-50/h1-32H. The van der Waals surface area contributed by atoms with E-state index in [1.165, 1.54) is 57.0 Å². The van der Waals surface area contributed by atoms with Crippen molar-refractivity contribution in [2.45, 2.75) is 0 Å². The number of hydrogen-bond donors (Lipinski definition) is 0. The summed E-state index contributed by atoms with van der Waals surface area (Å²) in [6, 6.07) is 69.8. The second-order valence-electron chi connectivity index (χ2n) is 14.2. The average Bonchev–Trinajstić information content (AvgIpc) is 3.84. The van der Waals surface area contributed by atoms with Gasteiger partial charge < -0.3 is 0 Å². The summed E-state index contributed by atoms with van der Waals surface area (Å²) in [5.41, 5.74) is 11.9. The molecular weight excluding hydrogens is 717 g/mol. The maximum absolute atomic E-state index is 5.36. The lowest BCUT2D eigenvalue weighted by Gasteiger charge is -2.15. The van der Waals surface area contributed by atoms with Crippen LogP contribution in [0.3, 0.4) is 0 Å². The maximum Gasteiger partial charge on any atom is 0.160 e. The lowest BCUT2D eigenvalue weighted by molar-refractivity contribution is 1.18. The third kappa shape index (κ3) is 5.79. The minimum absolute atomic E-state index is 0.701. The first-order chi connectivity index (χ1) is 27.7. The Labute approximate surface area is 332 Å². The number of hydrogen-bond acceptors (Lipinski definition) is 4. The molecule has 4 heteroatoms. The molecule has 0 aliphatic heterocycles. The molecule has 0 atom stereocenters. The van der Waals surface area contributed by atoms with Crippen LogP contribution in [-0.4, -0.2) is 9.97 Å². The molecule has 11 aromatic rings. The Balaban J connectivity index is 1.12. The highest BCUT2D eigenvalue weighted by Gasteiger charge is 2.18. The molecule has 262 valence electrons. The zero-order chi connectivity index (χ0) is 37.0. The van der Waals surface area contributed by atoms with Gasteiger partial charge in [0.15, 0.2) is 5.82 Å². The van der Waals surface area contributed by atoms with E-state index in [4.69, 9.17) is 9.97 Å². The number of nitrogens with zero attached hydrogens (tertiary/aromatic N) is 2. The quantitative estimate of drug-likeness (QED) is 0.169. The smallest absolute Gasteiger partial charge is 0.160 e. The molecule has 0 fully saturated rings. The summed E-state index contributed by atoms with van der Waals surface area (Å²) in [5, 5.41) is 5.18. The van der Waals surface area contributed by atoms with E-state index in [0.29, 0.717) is 5.82 Å². The minimum atomic E-state index is 0.701. The van der Waals surface area contributed by atoms with E-state index >= 15 is 0 Å². The Morgan fingerprint density at radius 2 is 0.786 bits per heavy atom. The molecule has 0 aliphatic rings. The first-order valence-corrected chi connectivity index (χ1v) is 20.4. The van der Waals surface area contributed by atoms with Crippen LogP contribution in [-0.2, 0) is 0 Å². The normalized spacial score (nSPS) is 11.6. The van der Waals surface area contributed by atoms with Gasteiger partial charge in [0, 0.05) is 57.0 Å². The van der Waals surface area contributed by atoms with E-state index in [1.807, 2.05) is 28.7 Å². The van der Waals surface area contributed by atoms with Crippen LogP contribution in [0, 0.1) is 0 Å². The van der Waals surface area contributed by atoms with E-state index in [9.17, 15) is 0 Å². The van der Waals surface area contributed by atoms with Crippen molar-refractivity contribution in [3.63, 3.8) is 0 Å². The highest BCUT2D eigenvalue weighted by Crippen LogP contribution is 2.42. The van der Waals surface area contributed by atoms with Crippen molar-refractivity contribution < 1.29 is 0 Å². The van der Waals surface area contributed by atoms with Crippen molar-refractivity contribution in [3.05, 3.63) is 194 Å². The molecule has 0 radical (unpaired) electrons. The van der Waals surface area contributed by atoms with Gasteiger partial charge in [0.25, 0.3) is 0 Å². The second-order valence-corrected chi connectivity index (χ2v) is 16.3. The molecule has 0 N–H and O–H groups in total. The zero-order valence-corrected chi connectivity index (χ0v) is 31.8. The molecule has 0 saturated heterocycles. The van der Waals surface area contributed by atoms with Gasteiger partial charge in [-0.05, 0) is 75.8 Å². The van der Waals surface area contributed by atoms with Gasteiger partial charge in [-0.15, -0.1) is 22.7 Å². The van der Waals surface area contributed by atoms with E-state index in [1.54, 1.807) is 0 Å². The first kappa shape index (κ1) is 32.7. The van der Waals surface area contributed by atoms with Crippen molar-refractivity contribution in [2.24, 2.45) is 0 Å². The molecule has 0 bridgehead atoms. The molecule has 11 rings (SSSR count). The van der Waals surface area contributed by atoms with Gasteiger partial charge in [0.2, 0.25) is 0 Å². The topological polar surface area (TPSA) is 25.8 Å². The van der Waals surface area contributed by atoms with E-state index in [2.05, 4.69) is 188 Å². The number of rotatable bonds is 6. The average molecular weight is 749 g/mol. The molecule has 3 heterocycles. The molecular formula is C52H32N2S2. The summed E-state index contributed by atoms with van der Waals surface area (Å²) in [7, 11) is 0. The van der Waals surface area contributed by atoms with Gasteiger partial charge in [0.05, 0.1) is 11.4 Å².